The zero-order valence-corrected chi connectivity index (χ0v) is 9.38. The number of carbonyl (C=O) groups is 1. The van der Waals surface area contributed by atoms with Crippen molar-refractivity contribution in [3.63, 3.8) is 0 Å². The third-order valence-electron chi connectivity index (χ3n) is 1.59. The molecule has 0 aromatic carbocycles. The van der Waals surface area contributed by atoms with E-state index in [0.717, 1.165) is 0 Å². The first-order valence-electron chi connectivity index (χ1n) is 4.75. The van der Waals surface area contributed by atoms with Crippen LogP contribution in [0.3, 0.4) is 0 Å². The number of aromatic nitrogens is 2. The summed E-state index contributed by atoms with van der Waals surface area (Å²) in [6.45, 7) is 5.20. The second kappa shape index (κ2) is 4.30. The zero-order chi connectivity index (χ0) is 12.3. The number of aromatic hydroxyl groups is 1. The number of H-pyrrole nitrogens is 2. The Morgan fingerprint density at radius 2 is 2.06 bits per heavy atom. The van der Waals surface area contributed by atoms with Crippen LogP contribution in [-0.4, -0.2) is 26.8 Å². The Morgan fingerprint density at radius 1 is 1.44 bits per heavy atom. The van der Waals surface area contributed by atoms with Gasteiger partial charge in [0.25, 0.3) is 0 Å². The van der Waals surface area contributed by atoms with E-state index in [1.807, 2.05) is 0 Å². The standard InChI is InChI=1S/C9H15N3O4/c1-9(2,3)16-8(15)10-4-5-6(13)12-7(14)11-5/h13H,4H2,1-3H3,(H,10,15)(H2,11,12,14). The number of hydrogen-bond donors (Lipinski definition) is 4. The summed E-state index contributed by atoms with van der Waals surface area (Å²) in [6, 6.07) is 0. The van der Waals surface area contributed by atoms with Gasteiger partial charge in [0.2, 0.25) is 5.88 Å². The van der Waals surface area contributed by atoms with Crippen LogP contribution in [0.1, 0.15) is 26.5 Å². The molecule has 1 aromatic rings. The fourth-order valence-electron chi connectivity index (χ4n) is 1.01. The maximum atomic E-state index is 11.2. The lowest BCUT2D eigenvalue weighted by molar-refractivity contribution is 0.0523. The van der Waals surface area contributed by atoms with Crippen LogP contribution in [0.4, 0.5) is 4.79 Å². The quantitative estimate of drug-likeness (QED) is 0.590. The van der Waals surface area contributed by atoms with Gasteiger partial charge in [-0.15, -0.1) is 0 Å². The Bertz CT molecular complexity index is 427. The minimum Gasteiger partial charge on any atom is -0.493 e. The SMILES string of the molecule is CC(C)(C)OC(=O)NCc1[nH]c(=O)[nH]c1O. The van der Waals surface area contributed by atoms with Gasteiger partial charge in [0.05, 0.1) is 12.2 Å². The van der Waals surface area contributed by atoms with Crippen molar-refractivity contribution in [3.8, 4) is 5.88 Å². The van der Waals surface area contributed by atoms with Crippen molar-refractivity contribution in [2.75, 3.05) is 0 Å². The van der Waals surface area contributed by atoms with E-state index in [9.17, 15) is 14.7 Å². The number of ether oxygens (including phenoxy) is 1. The van der Waals surface area contributed by atoms with Gasteiger partial charge in [-0.05, 0) is 20.8 Å². The zero-order valence-electron chi connectivity index (χ0n) is 9.38. The Kier molecular flexibility index (Phi) is 3.26. The summed E-state index contributed by atoms with van der Waals surface area (Å²) in [4.78, 5) is 26.5. The molecule has 0 saturated carbocycles. The largest absolute Gasteiger partial charge is 0.493 e. The Labute approximate surface area is 91.8 Å². The second-order valence-electron chi connectivity index (χ2n) is 4.26. The first-order valence-corrected chi connectivity index (χ1v) is 4.75. The van der Waals surface area contributed by atoms with E-state index in [2.05, 4.69) is 15.3 Å². The molecule has 1 amide bonds. The van der Waals surface area contributed by atoms with Crippen LogP contribution in [-0.2, 0) is 11.3 Å². The maximum Gasteiger partial charge on any atom is 0.407 e. The minimum absolute atomic E-state index is 0.0144. The third kappa shape index (κ3) is 3.68. The lowest BCUT2D eigenvalue weighted by atomic mass is 10.2. The third-order valence-corrected chi connectivity index (χ3v) is 1.59. The van der Waals surface area contributed by atoms with Gasteiger partial charge in [-0.3, -0.25) is 4.98 Å². The summed E-state index contributed by atoms with van der Waals surface area (Å²) in [5.74, 6) is -0.291. The highest BCUT2D eigenvalue weighted by Gasteiger charge is 2.16. The smallest absolute Gasteiger partial charge is 0.407 e. The molecule has 0 aliphatic rings. The highest BCUT2D eigenvalue weighted by Crippen LogP contribution is 2.08. The van der Waals surface area contributed by atoms with Crippen molar-refractivity contribution >= 4 is 6.09 Å². The lowest BCUT2D eigenvalue weighted by Crippen LogP contribution is -2.32. The number of amides is 1. The molecule has 0 saturated heterocycles. The molecule has 7 nitrogen and oxygen atoms in total. The fraction of sp³-hybridized carbons (Fsp3) is 0.556. The Hall–Kier alpha value is -1.92. The van der Waals surface area contributed by atoms with Crippen LogP contribution in [0.15, 0.2) is 4.79 Å². The van der Waals surface area contributed by atoms with E-state index in [4.69, 9.17) is 4.74 Å². The van der Waals surface area contributed by atoms with Gasteiger partial charge in [0.1, 0.15) is 5.60 Å². The molecule has 0 fully saturated rings. The topological polar surface area (TPSA) is 107 Å². The summed E-state index contributed by atoms with van der Waals surface area (Å²) in [5, 5.41) is 11.6. The summed E-state index contributed by atoms with van der Waals surface area (Å²) in [6.07, 6.45) is -0.617. The van der Waals surface area contributed by atoms with Crippen LogP contribution in [0.2, 0.25) is 0 Å². The van der Waals surface area contributed by atoms with Gasteiger partial charge in [0, 0.05) is 0 Å². The highest BCUT2D eigenvalue weighted by molar-refractivity contribution is 5.67. The number of rotatable bonds is 2. The molecule has 0 atom stereocenters. The molecule has 16 heavy (non-hydrogen) atoms. The van der Waals surface area contributed by atoms with E-state index in [1.165, 1.54) is 0 Å². The van der Waals surface area contributed by atoms with E-state index in [-0.39, 0.29) is 18.1 Å². The Balaban J connectivity index is 2.49. The van der Waals surface area contributed by atoms with E-state index in [0.29, 0.717) is 0 Å². The number of nitrogens with one attached hydrogen (secondary N) is 3. The summed E-state index contributed by atoms with van der Waals surface area (Å²) in [7, 11) is 0. The molecule has 0 unspecified atom stereocenters. The van der Waals surface area contributed by atoms with Crippen molar-refractivity contribution < 1.29 is 14.6 Å². The van der Waals surface area contributed by atoms with Gasteiger partial charge < -0.3 is 20.1 Å². The van der Waals surface area contributed by atoms with Gasteiger partial charge >= 0.3 is 11.8 Å². The molecule has 7 heteroatoms. The molecule has 1 heterocycles. The lowest BCUT2D eigenvalue weighted by Gasteiger charge is -2.19. The van der Waals surface area contributed by atoms with E-state index in [1.54, 1.807) is 20.8 Å². The number of carbonyl (C=O) groups excluding carboxylic acids is 1. The number of aromatic amines is 2. The second-order valence-corrected chi connectivity index (χ2v) is 4.26. The number of alkyl carbamates (subject to hydrolysis) is 1. The monoisotopic (exact) mass is 229 g/mol. The predicted octanol–water partition coefficient (Wildman–Crippen LogP) is 0.433. The molecule has 0 spiro atoms. The van der Waals surface area contributed by atoms with Crippen molar-refractivity contribution in [1.29, 1.82) is 0 Å². The predicted molar refractivity (Wildman–Crippen MR) is 56.2 cm³/mol. The molecule has 0 aliphatic heterocycles. The highest BCUT2D eigenvalue weighted by atomic mass is 16.6. The molecule has 0 aliphatic carbocycles. The van der Waals surface area contributed by atoms with E-state index < -0.39 is 17.4 Å². The van der Waals surface area contributed by atoms with Crippen LogP contribution in [0, 0.1) is 0 Å². The Morgan fingerprint density at radius 3 is 2.50 bits per heavy atom. The van der Waals surface area contributed by atoms with Crippen LogP contribution < -0.4 is 11.0 Å². The number of hydrogen-bond acceptors (Lipinski definition) is 4. The maximum absolute atomic E-state index is 11.2. The van der Waals surface area contributed by atoms with Crippen LogP contribution in [0.25, 0.3) is 0 Å². The molecule has 4 N–H and O–H groups in total. The molecular formula is C9H15N3O4. The summed E-state index contributed by atoms with van der Waals surface area (Å²) in [5.41, 5.74) is -0.910. The molecule has 90 valence electrons. The summed E-state index contributed by atoms with van der Waals surface area (Å²) >= 11 is 0. The average Bonchev–Trinajstić information content (AvgIpc) is 2.38. The molecule has 1 rings (SSSR count). The molecule has 0 bridgehead atoms. The molecular weight excluding hydrogens is 214 g/mol. The first kappa shape index (κ1) is 12.2. The van der Waals surface area contributed by atoms with Gasteiger partial charge in [0.15, 0.2) is 0 Å². The summed E-state index contributed by atoms with van der Waals surface area (Å²) < 4.78 is 4.97. The van der Waals surface area contributed by atoms with Crippen molar-refractivity contribution in [2.45, 2.75) is 32.9 Å². The normalized spacial score (nSPS) is 11.2. The molecule has 1 aromatic heterocycles. The first-order chi connectivity index (χ1) is 7.28. The van der Waals surface area contributed by atoms with Gasteiger partial charge in [-0.25, -0.2) is 9.59 Å². The fourth-order valence-corrected chi connectivity index (χ4v) is 1.01. The van der Waals surface area contributed by atoms with Crippen molar-refractivity contribution in [2.24, 2.45) is 0 Å². The van der Waals surface area contributed by atoms with Gasteiger partial charge in [-0.1, -0.05) is 0 Å². The molecule has 0 radical (unpaired) electrons. The minimum atomic E-state index is -0.617. The van der Waals surface area contributed by atoms with Crippen LogP contribution in [0.5, 0.6) is 5.88 Å². The van der Waals surface area contributed by atoms with Crippen molar-refractivity contribution in [1.82, 2.24) is 15.3 Å². The van der Waals surface area contributed by atoms with Crippen LogP contribution >= 0.6 is 0 Å². The average molecular weight is 229 g/mol. The van der Waals surface area contributed by atoms with Gasteiger partial charge in [-0.2, -0.15) is 0 Å². The number of imidazole rings is 1. The van der Waals surface area contributed by atoms with E-state index >= 15 is 0 Å². The van der Waals surface area contributed by atoms with Crippen molar-refractivity contribution in [3.05, 3.63) is 16.2 Å².